The van der Waals surface area contributed by atoms with Gasteiger partial charge < -0.3 is 9.64 Å². The monoisotopic (exact) mass is 285 g/mol. The highest BCUT2D eigenvalue weighted by atomic mass is 16.5. The summed E-state index contributed by atoms with van der Waals surface area (Å²) in [6.07, 6.45) is 3.88. The van der Waals surface area contributed by atoms with Crippen molar-refractivity contribution in [1.29, 1.82) is 0 Å². The van der Waals surface area contributed by atoms with Gasteiger partial charge in [0, 0.05) is 24.2 Å². The number of ether oxygens (including phenoxy) is 1. The minimum Gasteiger partial charge on any atom is -0.378 e. The molecule has 21 heavy (non-hydrogen) atoms. The van der Waals surface area contributed by atoms with Gasteiger partial charge in [0.05, 0.1) is 13.2 Å². The van der Waals surface area contributed by atoms with Gasteiger partial charge in [-0.2, -0.15) is 4.52 Å². The largest absolute Gasteiger partial charge is 0.378 e. The van der Waals surface area contributed by atoms with Crippen LogP contribution in [0, 0.1) is 6.92 Å². The number of aromatic nitrogens is 4. The van der Waals surface area contributed by atoms with Crippen molar-refractivity contribution in [3.8, 4) is 0 Å². The lowest BCUT2D eigenvalue weighted by Gasteiger charge is -2.31. The fourth-order valence-electron chi connectivity index (χ4n) is 4.35. The quantitative estimate of drug-likeness (QED) is 0.797. The molecular formula is C15H19N5O. The third-order valence-corrected chi connectivity index (χ3v) is 5.32. The Bertz CT molecular complexity index is 718. The maximum absolute atomic E-state index is 5.50. The van der Waals surface area contributed by atoms with E-state index in [-0.39, 0.29) is 0 Å². The predicted octanol–water partition coefficient (Wildman–Crippen LogP) is 1.63. The molecule has 2 aromatic rings. The zero-order valence-electron chi connectivity index (χ0n) is 12.2. The summed E-state index contributed by atoms with van der Waals surface area (Å²) in [5, 5.41) is 13.6. The number of anilines is 1. The van der Waals surface area contributed by atoms with Crippen LogP contribution in [0.15, 0.2) is 0 Å². The van der Waals surface area contributed by atoms with Crippen LogP contribution in [0.1, 0.15) is 48.0 Å². The van der Waals surface area contributed by atoms with Crippen molar-refractivity contribution in [1.82, 2.24) is 19.8 Å². The van der Waals surface area contributed by atoms with E-state index in [1.807, 2.05) is 11.4 Å². The molecule has 2 unspecified atom stereocenters. The van der Waals surface area contributed by atoms with E-state index in [4.69, 9.17) is 9.84 Å². The van der Waals surface area contributed by atoms with Gasteiger partial charge in [-0.25, -0.2) is 0 Å². The van der Waals surface area contributed by atoms with Crippen molar-refractivity contribution in [3.63, 3.8) is 0 Å². The molecule has 0 amide bonds. The van der Waals surface area contributed by atoms with Crippen LogP contribution < -0.4 is 4.90 Å². The minimum atomic E-state index is 0.666. The lowest BCUT2D eigenvalue weighted by molar-refractivity contribution is 0.122. The molecule has 2 aliphatic carbocycles. The Morgan fingerprint density at radius 1 is 1.05 bits per heavy atom. The van der Waals surface area contributed by atoms with E-state index in [2.05, 4.69) is 15.1 Å². The van der Waals surface area contributed by atoms with Gasteiger partial charge in [0.1, 0.15) is 0 Å². The summed E-state index contributed by atoms with van der Waals surface area (Å²) in [7, 11) is 0. The van der Waals surface area contributed by atoms with Gasteiger partial charge in [0.25, 0.3) is 0 Å². The van der Waals surface area contributed by atoms with Crippen LogP contribution in [-0.2, 0) is 4.74 Å². The first kappa shape index (κ1) is 11.9. The predicted molar refractivity (Wildman–Crippen MR) is 77.9 cm³/mol. The van der Waals surface area contributed by atoms with Gasteiger partial charge in [0.15, 0.2) is 17.3 Å². The van der Waals surface area contributed by atoms with Crippen molar-refractivity contribution >= 4 is 11.5 Å². The van der Waals surface area contributed by atoms with Gasteiger partial charge >= 0.3 is 0 Å². The van der Waals surface area contributed by atoms with Crippen LogP contribution in [0.5, 0.6) is 0 Å². The van der Waals surface area contributed by atoms with E-state index in [9.17, 15) is 0 Å². The molecule has 2 bridgehead atoms. The standard InChI is InChI=1S/C15H19N5O/c1-9-16-17-14-12-10-2-3-11(8-10)13(12)15(18-20(9)14)19-4-6-21-7-5-19/h10-11H,2-8H2,1H3. The minimum absolute atomic E-state index is 0.666. The first-order chi connectivity index (χ1) is 10.3. The van der Waals surface area contributed by atoms with Crippen LogP contribution in [0.4, 0.5) is 5.82 Å². The van der Waals surface area contributed by atoms with Crippen LogP contribution in [0.3, 0.4) is 0 Å². The maximum Gasteiger partial charge on any atom is 0.181 e. The molecule has 1 aliphatic heterocycles. The third kappa shape index (κ3) is 1.54. The van der Waals surface area contributed by atoms with E-state index >= 15 is 0 Å². The third-order valence-electron chi connectivity index (χ3n) is 5.32. The lowest BCUT2D eigenvalue weighted by Crippen LogP contribution is -2.38. The van der Waals surface area contributed by atoms with E-state index in [0.29, 0.717) is 11.8 Å². The second-order valence-electron chi connectivity index (χ2n) is 6.44. The molecule has 1 saturated heterocycles. The summed E-state index contributed by atoms with van der Waals surface area (Å²) in [5.41, 5.74) is 3.89. The number of morpholine rings is 1. The average molecular weight is 285 g/mol. The molecule has 6 heteroatoms. The van der Waals surface area contributed by atoms with Gasteiger partial charge in [-0.3, -0.25) is 0 Å². The first-order valence-electron chi connectivity index (χ1n) is 7.91. The molecule has 5 rings (SSSR count). The van der Waals surface area contributed by atoms with Crippen LogP contribution in [0.25, 0.3) is 5.65 Å². The van der Waals surface area contributed by atoms with Crippen molar-refractivity contribution in [2.75, 3.05) is 31.2 Å². The lowest BCUT2D eigenvalue weighted by atomic mass is 9.92. The second kappa shape index (κ2) is 4.16. The van der Waals surface area contributed by atoms with Gasteiger partial charge in [-0.05, 0) is 38.0 Å². The summed E-state index contributed by atoms with van der Waals surface area (Å²) >= 11 is 0. The molecule has 2 fully saturated rings. The normalized spacial score (nSPS) is 27.6. The topological polar surface area (TPSA) is 55.5 Å². The summed E-state index contributed by atoms with van der Waals surface area (Å²) < 4.78 is 7.45. The van der Waals surface area contributed by atoms with E-state index < -0.39 is 0 Å². The first-order valence-corrected chi connectivity index (χ1v) is 7.91. The number of fused-ring (bicyclic) bond motifs is 7. The van der Waals surface area contributed by atoms with Crippen molar-refractivity contribution in [2.45, 2.75) is 38.0 Å². The smallest absolute Gasteiger partial charge is 0.181 e. The Morgan fingerprint density at radius 3 is 2.62 bits per heavy atom. The fraction of sp³-hybridized carbons (Fsp3) is 0.667. The Morgan fingerprint density at radius 2 is 1.81 bits per heavy atom. The molecule has 1 saturated carbocycles. The Hall–Kier alpha value is -1.69. The Labute approximate surface area is 123 Å². The molecular weight excluding hydrogens is 266 g/mol. The van der Waals surface area contributed by atoms with Crippen molar-refractivity contribution < 1.29 is 4.74 Å². The van der Waals surface area contributed by atoms with Gasteiger partial charge in [-0.1, -0.05) is 0 Å². The molecule has 0 spiro atoms. The second-order valence-corrected chi connectivity index (χ2v) is 6.44. The molecule has 3 heterocycles. The number of aryl methyl sites for hydroxylation is 1. The molecule has 0 aromatic carbocycles. The van der Waals surface area contributed by atoms with E-state index in [0.717, 1.165) is 43.6 Å². The van der Waals surface area contributed by atoms with Crippen LogP contribution >= 0.6 is 0 Å². The highest BCUT2D eigenvalue weighted by Crippen LogP contribution is 2.56. The fourth-order valence-corrected chi connectivity index (χ4v) is 4.35. The average Bonchev–Trinajstić information content (AvgIpc) is 3.22. The number of nitrogens with zero attached hydrogens (tertiary/aromatic N) is 5. The molecule has 0 N–H and O–H groups in total. The summed E-state index contributed by atoms with van der Waals surface area (Å²) in [4.78, 5) is 2.39. The summed E-state index contributed by atoms with van der Waals surface area (Å²) in [6.45, 7) is 5.44. The zero-order chi connectivity index (χ0) is 14.0. The molecule has 0 radical (unpaired) electrons. The van der Waals surface area contributed by atoms with Crippen LogP contribution in [-0.4, -0.2) is 46.1 Å². The number of rotatable bonds is 1. The zero-order valence-corrected chi connectivity index (χ0v) is 12.2. The van der Waals surface area contributed by atoms with Crippen LogP contribution in [0.2, 0.25) is 0 Å². The molecule has 110 valence electrons. The molecule has 2 atom stereocenters. The molecule has 6 nitrogen and oxygen atoms in total. The van der Waals surface area contributed by atoms with E-state index in [1.54, 1.807) is 0 Å². The Kier molecular flexibility index (Phi) is 2.36. The van der Waals surface area contributed by atoms with Crippen molar-refractivity contribution in [2.24, 2.45) is 0 Å². The summed E-state index contributed by atoms with van der Waals surface area (Å²) in [5.74, 6) is 3.39. The number of hydrogen-bond acceptors (Lipinski definition) is 5. The van der Waals surface area contributed by atoms with E-state index in [1.165, 1.54) is 30.4 Å². The number of hydrogen-bond donors (Lipinski definition) is 0. The highest BCUT2D eigenvalue weighted by Gasteiger charge is 2.42. The SMILES string of the molecule is Cc1nnc2c3c(c(N4CCOCC4)nn12)C1CCC3C1. The maximum atomic E-state index is 5.50. The van der Waals surface area contributed by atoms with Gasteiger partial charge in [-0.15, -0.1) is 15.3 Å². The molecule has 3 aliphatic rings. The Balaban J connectivity index is 1.77. The van der Waals surface area contributed by atoms with Crippen molar-refractivity contribution in [3.05, 3.63) is 17.0 Å². The highest BCUT2D eigenvalue weighted by molar-refractivity contribution is 5.66. The molecule has 2 aromatic heterocycles. The van der Waals surface area contributed by atoms with Gasteiger partial charge in [0.2, 0.25) is 0 Å². The summed E-state index contributed by atoms with van der Waals surface area (Å²) in [6, 6.07) is 0.